The fourth-order valence-corrected chi connectivity index (χ4v) is 1.86. The molecule has 1 aromatic rings. The third-order valence-electron chi connectivity index (χ3n) is 2.58. The number of methoxy groups -OCH3 is 1. The molecule has 0 unspecified atom stereocenters. The average Bonchev–Trinajstić information content (AvgIpc) is 2.27. The van der Waals surface area contributed by atoms with Gasteiger partial charge in [0.15, 0.2) is 0 Å². The van der Waals surface area contributed by atoms with Crippen molar-refractivity contribution in [1.82, 2.24) is 0 Å². The molecule has 1 aromatic carbocycles. The van der Waals surface area contributed by atoms with Crippen LogP contribution in [0, 0.1) is 0 Å². The Hall–Kier alpha value is -1.22. The molecular formula is C11H15NO2. The van der Waals surface area contributed by atoms with Crippen molar-refractivity contribution in [3.63, 3.8) is 0 Å². The SMILES string of the molecule is COc1ccc2c(c1)CCCN2OC. The zero-order chi connectivity index (χ0) is 9.97. The molecule has 0 bridgehead atoms. The molecule has 14 heavy (non-hydrogen) atoms. The Labute approximate surface area is 84.2 Å². The van der Waals surface area contributed by atoms with Crippen molar-refractivity contribution in [2.45, 2.75) is 12.8 Å². The zero-order valence-electron chi connectivity index (χ0n) is 8.62. The van der Waals surface area contributed by atoms with Gasteiger partial charge in [0, 0.05) is 6.54 Å². The highest BCUT2D eigenvalue weighted by Crippen LogP contribution is 2.30. The van der Waals surface area contributed by atoms with Crippen molar-refractivity contribution >= 4 is 5.69 Å². The highest BCUT2D eigenvalue weighted by Gasteiger charge is 2.16. The third-order valence-corrected chi connectivity index (χ3v) is 2.58. The number of ether oxygens (including phenoxy) is 1. The summed E-state index contributed by atoms with van der Waals surface area (Å²) in [5, 5.41) is 1.93. The van der Waals surface area contributed by atoms with E-state index in [9.17, 15) is 0 Å². The maximum absolute atomic E-state index is 5.28. The van der Waals surface area contributed by atoms with Crippen LogP contribution in [0.2, 0.25) is 0 Å². The average molecular weight is 193 g/mol. The minimum atomic E-state index is 0.918. The summed E-state index contributed by atoms with van der Waals surface area (Å²) in [6.45, 7) is 0.968. The Morgan fingerprint density at radius 2 is 2.14 bits per heavy atom. The molecule has 1 heterocycles. The van der Waals surface area contributed by atoms with Crippen molar-refractivity contribution in [3.8, 4) is 5.75 Å². The van der Waals surface area contributed by atoms with E-state index < -0.39 is 0 Å². The molecule has 0 fully saturated rings. The Kier molecular flexibility index (Phi) is 2.59. The summed E-state index contributed by atoms with van der Waals surface area (Å²) >= 11 is 0. The molecular weight excluding hydrogens is 178 g/mol. The standard InChI is InChI=1S/C11H15NO2/c1-13-10-5-6-11-9(8-10)4-3-7-12(11)14-2/h5-6,8H,3-4,7H2,1-2H3. The number of fused-ring (bicyclic) bond motifs is 1. The molecule has 3 heteroatoms. The second-order valence-corrected chi connectivity index (χ2v) is 3.38. The number of aryl methyl sites for hydroxylation is 1. The number of hydrogen-bond donors (Lipinski definition) is 0. The van der Waals surface area contributed by atoms with Gasteiger partial charge in [-0.2, -0.15) is 0 Å². The number of hydroxylamine groups is 1. The molecule has 0 saturated heterocycles. The van der Waals surface area contributed by atoms with Crippen molar-refractivity contribution in [2.24, 2.45) is 0 Å². The van der Waals surface area contributed by atoms with Crippen LogP contribution in [-0.4, -0.2) is 20.8 Å². The Morgan fingerprint density at radius 1 is 1.29 bits per heavy atom. The van der Waals surface area contributed by atoms with Gasteiger partial charge in [0.25, 0.3) is 0 Å². The summed E-state index contributed by atoms with van der Waals surface area (Å²) in [7, 11) is 3.40. The first kappa shape index (κ1) is 9.34. The summed E-state index contributed by atoms with van der Waals surface area (Å²) in [6, 6.07) is 6.10. The van der Waals surface area contributed by atoms with Gasteiger partial charge < -0.3 is 4.74 Å². The van der Waals surface area contributed by atoms with E-state index in [-0.39, 0.29) is 0 Å². The molecule has 3 nitrogen and oxygen atoms in total. The Balaban J connectivity index is 2.35. The number of hydrogen-bond acceptors (Lipinski definition) is 3. The van der Waals surface area contributed by atoms with Crippen LogP contribution in [0.25, 0.3) is 0 Å². The van der Waals surface area contributed by atoms with Gasteiger partial charge in [0.2, 0.25) is 0 Å². The van der Waals surface area contributed by atoms with E-state index in [0.29, 0.717) is 0 Å². The van der Waals surface area contributed by atoms with Crippen LogP contribution in [0.3, 0.4) is 0 Å². The third kappa shape index (κ3) is 1.55. The van der Waals surface area contributed by atoms with Gasteiger partial charge in [0.1, 0.15) is 5.75 Å². The van der Waals surface area contributed by atoms with Gasteiger partial charge in [-0.25, -0.2) is 0 Å². The fourth-order valence-electron chi connectivity index (χ4n) is 1.86. The van der Waals surface area contributed by atoms with Crippen molar-refractivity contribution in [2.75, 3.05) is 25.8 Å². The van der Waals surface area contributed by atoms with Gasteiger partial charge in [-0.3, -0.25) is 9.90 Å². The highest BCUT2D eigenvalue weighted by molar-refractivity contribution is 5.56. The number of nitrogens with zero attached hydrogens (tertiary/aromatic N) is 1. The van der Waals surface area contributed by atoms with Crippen LogP contribution in [-0.2, 0) is 11.3 Å². The molecule has 76 valence electrons. The minimum absolute atomic E-state index is 0.918. The van der Waals surface area contributed by atoms with Crippen LogP contribution in [0.15, 0.2) is 18.2 Å². The Bertz CT molecular complexity index is 325. The lowest BCUT2D eigenvalue weighted by molar-refractivity contribution is 0.161. The first-order valence-electron chi connectivity index (χ1n) is 4.83. The Morgan fingerprint density at radius 3 is 2.86 bits per heavy atom. The molecule has 0 N–H and O–H groups in total. The topological polar surface area (TPSA) is 21.7 Å². The first-order chi connectivity index (χ1) is 6.85. The maximum atomic E-state index is 5.28. The van der Waals surface area contributed by atoms with Crippen LogP contribution in [0.5, 0.6) is 5.75 Å². The van der Waals surface area contributed by atoms with Crippen LogP contribution in [0.4, 0.5) is 5.69 Å². The second-order valence-electron chi connectivity index (χ2n) is 3.38. The van der Waals surface area contributed by atoms with Crippen LogP contribution < -0.4 is 9.80 Å². The van der Waals surface area contributed by atoms with Gasteiger partial charge in [-0.05, 0) is 36.6 Å². The predicted molar refractivity (Wildman–Crippen MR) is 55.7 cm³/mol. The smallest absolute Gasteiger partial charge is 0.119 e. The quantitative estimate of drug-likeness (QED) is 0.717. The number of anilines is 1. The van der Waals surface area contributed by atoms with Gasteiger partial charge >= 0.3 is 0 Å². The molecule has 0 aromatic heterocycles. The van der Waals surface area contributed by atoms with E-state index in [2.05, 4.69) is 12.1 Å². The van der Waals surface area contributed by atoms with E-state index in [4.69, 9.17) is 9.57 Å². The molecule has 1 aliphatic rings. The van der Waals surface area contributed by atoms with E-state index >= 15 is 0 Å². The lowest BCUT2D eigenvalue weighted by atomic mass is 10.0. The van der Waals surface area contributed by atoms with Crippen LogP contribution >= 0.6 is 0 Å². The van der Waals surface area contributed by atoms with Crippen molar-refractivity contribution in [1.29, 1.82) is 0 Å². The van der Waals surface area contributed by atoms with Crippen molar-refractivity contribution < 1.29 is 9.57 Å². The number of benzene rings is 1. The zero-order valence-corrected chi connectivity index (χ0v) is 8.62. The number of rotatable bonds is 2. The molecule has 2 rings (SSSR count). The monoisotopic (exact) mass is 193 g/mol. The van der Waals surface area contributed by atoms with Gasteiger partial charge in [-0.15, -0.1) is 0 Å². The maximum Gasteiger partial charge on any atom is 0.119 e. The summed E-state index contributed by atoms with van der Waals surface area (Å²) in [6.07, 6.45) is 2.24. The first-order valence-corrected chi connectivity index (χ1v) is 4.83. The molecule has 0 saturated carbocycles. The summed E-state index contributed by atoms with van der Waals surface area (Å²) in [5.41, 5.74) is 2.47. The fraction of sp³-hybridized carbons (Fsp3) is 0.455. The van der Waals surface area contributed by atoms with E-state index in [0.717, 1.165) is 25.1 Å². The summed E-state index contributed by atoms with van der Waals surface area (Å²) in [4.78, 5) is 5.28. The molecule has 1 aliphatic heterocycles. The highest BCUT2D eigenvalue weighted by atomic mass is 16.7. The van der Waals surface area contributed by atoms with Gasteiger partial charge in [0.05, 0.1) is 19.9 Å². The summed E-state index contributed by atoms with van der Waals surface area (Å²) < 4.78 is 5.19. The second kappa shape index (κ2) is 3.88. The molecule has 0 radical (unpaired) electrons. The molecule has 0 aliphatic carbocycles. The lowest BCUT2D eigenvalue weighted by Gasteiger charge is -2.28. The molecule has 0 spiro atoms. The minimum Gasteiger partial charge on any atom is -0.497 e. The molecule has 0 atom stereocenters. The molecule has 0 amide bonds. The van der Waals surface area contributed by atoms with E-state index in [1.807, 2.05) is 11.1 Å². The van der Waals surface area contributed by atoms with E-state index in [1.165, 1.54) is 11.3 Å². The largest absolute Gasteiger partial charge is 0.497 e. The van der Waals surface area contributed by atoms with Gasteiger partial charge in [-0.1, -0.05) is 0 Å². The van der Waals surface area contributed by atoms with Crippen molar-refractivity contribution in [3.05, 3.63) is 23.8 Å². The predicted octanol–water partition coefficient (Wildman–Crippen LogP) is 2.01. The van der Waals surface area contributed by atoms with Crippen LogP contribution in [0.1, 0.15) is 12.0 Å². The summed E-state index contributed by atoms with van der Waals surface area (Å²) in [5.74, 6) is 0.918. The lowest BCUT2D eigenvalue weighted by Crippen LogP contribution is -2.27. The normalized spacial score (nSPS) is 15.1. The van der Waals surface area contributed by atoms with E-state index in [1.54, 1.807) is 14.2 Å².